The van der Waals surface area contributed by atoms with Gasteiger partial charge in [0.15, 0.2) is 0 Å². The van der Waals surface area contributed by atoms with Gasteiger partial charge in [-0.2, -0.15) is 0 Å². The van der Waals surface area contributed by atoms with Gasteiger partial charge < -0.3 is 17.2 Å². The predicted molar refractivity (Wildman–Crippen MR) is 47.3 cm³/mol. The first-order chi connectivity index (χ1) is 4.79. The van der Waals surface area contributed by atoms with Crippen LogP contribution in [0.2, 0.25) is 0 Å². The average molecular weight is 303 g/mol. The van der Waals surface area contributed by atoms with E-state index in [-0.39, 0.29) is 57.8 Å². The summed E-state index contributed by atoms with van der Waals surface area (Å²) in [5.41, 5.74) is 0. The molecule has 64 valence electrons. The first-order valence-electron chi connectivity index (χ1n) is 3.63. The van der Waals surface area contributed by atoms with Crippen molar-refractivity contribution in [3.63, 3.8) is 0 Å². The summed E-state index contributed by atoms with van der Waals surface area (Å²) in [6.45, 7) is 0. The third kappa shape index (κ3) is 6.02. The Morgan fingerprint density at radius 3 is 2.18 bits per heavy atom. The zero-order valence-corrected chi connectivity index (χ0v) is 11.9. The molecule has 0 aromatic rings. The van der Waals surface area contributed by atoms with Crippen LogP contribution in [0.1, 0.15) is 35.0 Å². The Labute approximate surface area is 112 Å². The Morgan fingerprint density at radius 1 is 1.18 bits per heavy atom. The van der Waals surface area contributed by atoms with Crippen molar-refractivity contribution in [2.75, 3.05) is 0 Å². The van der Waals surface area contributed by atoms with Crippen molar-refractivity contribution >= 4 is 57.5 Å². The Morgan fingerprint density at radius 2 is 1.73 bits per heavy atom. The van der Waals surface area contributed by atoms with E-state index in [4.69, 9.17) is 14.3 Å². The van der Waals surface area contributed by atoms with E-state index in [9.17, 15) is 0 Å². The SMILES string of the molecule is OP(O)OC1CCCCC1.[Ba+2].[H-].[H-]. The van der Waals surface area contributed by atoms with Crippen LogP contribution in [-0.2, 0) is 4.52 Å². The fourth-order valence-corrected chi connectivity index (χ4v) is 1.78. The standard InChI is InChI=1S/C6H13O3P.Ba.2H/c7-10(8)9-6-4-2-1-3-5-6;;;/h6-8H,1-5H2;;;/q;+2;2*-1. The van der Waals surface area contributed by atoms with Crippen molar-refractivity contribution in [3.05, 3.63) is 0 Å². The first kappa shape index (κ1) is 12.9. The van der Waals surface area contributed by atoms with E-state index < -0.39 is 8.60 Å². The van der Waals surface area contributed by atoms with E-state index in [0.29, 0.717) is 0 Å². The minimum Gasteiger partial charge on any atom is -1.00 e. The molecule has 0 aromatic heterocycles. The maximum Gasteiger partial charge on any atom is 2.00 e. The van der Waals surface area contributed by atoms with Gasteiger partial charge in [0.05, 0.1) is 6.10 Å². The Kier molecular flexibility index (Phi) is 8.55. The molecular weight excluding hydrogens is 288 g/mol. The van der Waals surface area contributed by atoms with E-state index in [2.05, 4.69) is 0 Å². The molecule has 0 spiro atoms. The monoisotopic (exact) mass is 304 g/mol. The van der Waals surface area contributed by atoms with Crippen LogP contribution in [0.3, 0.4) is 0 Å². The van der Waals surface area contributed by atoms with Crippen LogP contribution >= 0.6 is 8.60 Å². The number of rotatable bonds is 2. The molecule has 0 aromatic carbocycles. The topological polar surface area (TPSA) is 49.7 Å². The van der Waals surface area contributed by atoms with Crippen LogP contribution in [0, 0.1) is 0 Å². The Hall–Kier alpha value is 1.88. The zero-order chi connectivity index (χ0) is 7.40. The molecule has 5 heteroatoms. The van der Waals surface area contributed by atoms with Gasteiger partial charge in [-0.3, -0.25) is 0 Å². The van der Waals surface area contributed by atoms with Crippen LogP contribution < -0.4 is 0 Å². The van der Waals surface area contributed by atoms with Crippen molar-refractivity contribution in [3.8, 4) is 0 Å². The molecular formula is C6H15BaO3P. The summed E-state index contributed by atoms with van der Waals surface area (Å²) in [4.78, 5) is 17.0. The number of hydrogen-bond donors (Lipinski definition) is 2. The molecule has 0 unspecified atom stereocenters. The molecule has 1 rings (SSSR count). The fraction of sp³-hybridized carbons (Fsp3) is 1.00. The molecule has 0 atom stereocenters. The van der Waals surface area contributed by atoms with Crippen molar-refractivity contribution < 1.29 is 17.2 Å². The Balaban J connectivity index is -0.000000333. The summed E-state index contributed by atoms with van der Waals surface area (Å²) in [5.74, 6) is 0. The maximum atomic E-state index is 8.50. The zero-order valence-electron chi connectivity index (χ0n) is 8.57. The van der Waals surface area contributed by atoms with Gasteiger partial charge in [-0.25, -0.2) is 0 Å². The van der Waals surface area contributed by atoms with Crippen LogP contribution in [0.15, 0.2) is 0 Å². The molecule has 0 saturated heterocycles. The van der Waals surface area contributed by atoms with Crippen molar-refractivity contribution in [2.45, 2.75) is 38.2 Å². The molecule has 2 N–H and O–H groups in total. The second-order valence-electron chi connectivity index (χ2n) is 2.62. The predicted octanol–water partition coefficient (Wildman–Crippen LogP) is 1.39. The van der Waals surface area contributed by atoms with E-state index in [1.165, 1.54) is 6.42 Å². The third-order valence-corrected chi connectivity index (χ3v) is 2.28. The molecule has 1 aliphatic carbocycles. The summed E-state index contributed by atoms with van der Waals surface area (Å²) >= 11 is 0. The van der Waals surface area contributed by atoms with Gasteiger partial charge in [-0.1, -0.05) is 19.3 Å². The van der Waals surface area contributed by atoms with E-state index in [1.807, 2.05) is 0 Å². The fourth-order valence-electron chi connectivity index (χ4n) is 1.30. The molecule has 0 amide bonds. The second-order valence-corrected chi connectivity index (χ2v) is 3.33. The van der Waals surface area contributed by atoms with Crippen molar-refractivity contribution in [2.24, 2.45) is 0 Å². The third-order valence-electron chi connectivity index (χ3n) is 1.80. The molecule has 11 heavy (non-hydrogen) atoms. The van der Waals surface area contributed by atoms with Gasteiger partial charge in [0, 0.05) is 0 Å². The summed E-state index contributed by atoms with van der Waals surface area (Å²) in [6, 6.07) is 0. The molecule has 3 nitrogen and oxygen atoms in total. The number of hydrogen-bond acceptors (Lipinski definition) is 3. The summed E-state index contributed by atoms with van der Waals surface area (Å²) < 4.78 is 4.87. The van der Waals surface area contributed by atoms with Crippen LogP contribution in [0.25, 0.3) is 0 Å². The van der Waals surface area contributed by atoms with Crippen LogP contribution in [0.5, 0.6) is 0 Å². The van der Waals surface area contributed by atoms with E-state index >= 15 is 0 Å². The smallest absolute Gasteiger partial charge is 1.00 e. The van der Waals surface area contributed by atoms with Crippen molar-refractivity contribution in [1.29, 1.82) is 0 Å². The van der Waals surface area contributed by atoms with Gasteiger partial charge in [-0.05, 0) is 12.8 Å². The summed E-state index contributed by atoms with van der Waals surface area (Å²) in [6.07, 6.45) is 5.66. The molecule has 1 aliphatic rings. The van der Waals surface area contributed by atoms with Crippen LogP contribution in [-0.4, -0.2) is 64.8 Å². The quantitative estimate of drug-likeness (QED) is 0.599. The molecule has 0 aliphatic heterocycles. The molecule has 0 bridgehead atoms. The maximum absolute atomic E-state index is 8.50. The van der Waals surface area contributed by atoms with E-state index in [1.54, 1.807) is 0 Å². The Bertz CT molecular complexity index is 104. The van der Waals surface area contributed by atoms with Gasteiger partial charge in [0.25, 0.3) is 0 Å². The molecule has 0 heterocycles. The molecule has 0 radical (unpaired) electrons. The normalized spacial score (nSPS) is 19.9. The molecule has 1 fully saturated rings. The van der Waals surface area contributed by atoms with Gasteiger partial charge in [-0.15, -0.1) is 0 Å². The van der Waals surface area contributed by atoms with E-state index in [0.717, 1.165) is 25.7 Å². The molecule has 1 saturated carbocycles. The minimum atomic E-state index is -2.12. The first-order valence-corrected chi connectivity index (χ1v) is 4.80. The van der Waals surface area contributed by atoms with Crippen LogP contribution in [0.4, 0.5) is 0 Å². The largest absolute Gasteiger partial charge is 2.00 e. The minimum absolute atomic E-state index is 0. The summed E-state index contributed by atoms with van der Waals surface area (Å²) in [5, 5.41) is 0. The van der Waals surface area contributed by atoms with Gasteiger partial charge >= 0.3 is 57.5 Å². The summed E-state index contributed by atoms with van der Waals surface area (Å²) in [7, 11) is -2.12. The van der Waals surface area contributed by atoms with Gasteiger partial charge in [0.1, 0.15) is 0 Å². The second kappa shape index (κ2) is 7.30. The van der Waals surface area contributed by atoms with Crippen molar-refractivity contribution in [1.82, 2.24) is 0 Å². The van der Waals surface area contributed by atoms with Gasteiger partial charge in [0.2, 0.25) is 0 Å². The average Bonchev–Trinajstić information content (AvgIpc) is 1.88.